The van der Waals surface area contributed by atoms with E-state index in [9.17, 15) is 9.59 Å². The monoisotopic (exact) mass is 374 g/mol. The number of carbonyl (C=O) groups excluding carboxylic acids is 1. The number of nitrogens with one attached hydrogen (secondary N) is 1. The molecule has 3 rings (SSSR count). The summed E-state index contributed by atoms with van der Waals surface area (Å²) in [5, 5.41) is 9.44. The van der Waals surface area contributed by atoms with Crippen LogP contribution in [0.3, 0.4) is 0 Å². The number of nitrogens with two attached hydrogens (primary N) is 1. The van der Waals surface area contributed by atoms with Crippen LogP contribution in [0.15, 0.2) is 28.4 Å². The molecule has 2 aromatic rings. The van der Waals surface area contributed by atoms with Crippen LogP contribution in [0.4, 0.5) is 5.69 Å². The van der Waals surface area contributed by atoms with Gasteiger partial charge in [0.15, 0.2) is 0 Å². The molecule has 3 N–H and O–H groups in total. The van der Waals surface area contributed by atoms with E-state index in [2.05, 4.69) is 10.4 Å². The Morgan fingerprint density at radius 3 is 2.65 bits per heavy atom. The van der Waals surface area contributed by atoms with E-state index in [1.54, 1.807) is 13.0 Å². The van der Waals surface area contributed by atoms with Crippen LogP contribution in [0.5, 0.6) is 0 Å². The molecule has 1 atom stereocenters. The number of nitrogens with zero attached hydrogens (tertiary/aromatic N) is 2. The van der Waals surface area contributed by atoms with Crippen LogP contribution < -0.4 is 16.6 Å². The third kappa shape index (κ3) is 4.33. The molecule has 1 aliphatic carbocycles. The first-order valence-electron chi connectivity index (χ1n) is 9.30. The smallest absolute Gasteiger partial charge is 0.290 e. The Hall–Kier alpha value is -2.15. The van der Waals surface area contributed by atoms with Crippen LogP contribution in [-0.2, 0) is 4.79 Å². The molecule has 6 nitrogen and oxygen atoms in total. The van der Waals surface area contributed by atoms with E-state index >= 15 is 0 Å². The average Bonchev–Trinajstić information content (AvgIpc) is 3.13. The van der Waals surface area contributed by atoms with Crippen LogP contribution in [0.2, 0.25) is 0 Å². The predicted octanol–water partition coefficient (Wildman–Crippen LogP) is 3.34. The zero-order valence-electron chi connectivity index (χ0n) is 15.1. The second kappa shape index (κ2) is 8.49. The molecule has 0 bridgehead atoms. The van der Waals surface area contributed by atoms with Crippen molar-refractivity contribution in [3.05, 3.63) is 33.9 Å². The number of aromatic nitrogens is 2. The zero-order chi connectivity index (χ0) is 18.5. The largest absolute Gasteiger partial charge is 0.394 e. The number of amides is 1. The Bertz CT molecular complexity index is 792. The second-order valence-electron chi connectivity index (χ2n) is 6.94. The van der Waals surface area contributed by atoms with Gasteiger partial charge in [-0.3, -0.25) is 9.59 Å². The van der Waals surface area contributed by atoms with E-state index in [4.69, 9.17) is 5.73 Å². The molecular formula is C19H26N4O2S. The van der Waals surface area contributed by atoms with E-state index in [1.807, 2.05) is 17.5 Å². The highest BCUT2D eigenvalue weighted by Crippen LogP contribution is 2.23. The van der Waals surface area contributed by atoms with Crippen LogP contribution >= 0.6 is 11.3 Å². The quantitative estimate of drug-likeness (QED) is 0.859. The first-order valence-corrected chi connectivity index (χ1v) is 10.2. The Labute approximate surface area is 157 Å². The first kappa shape index (κ1) is 18.6. The molecular weight excluding hydrogens is 348 g/mol. The molecule has 0 radical (unpaired) electrons. The van der Waals surface area contributed by atoms with Crippen molar-refractivity contribution in [2.75, 3.05) is 5.73 Å². The van der Waals surface area contributed by atoms with Gasteiger partial charge >= 0.3 is 0 Å². The fourth-order valence-corrected chi connectivity index (χ4v) is 4.05. The number of anilines is 1. The molecule has 0 aliphatic heterocycles. The summed E-state index contributed by atoms with van der Waals surface area (Å²) in [4.78, 5) is 26.1. The van der Waals surface area contributed by atoms with Gasteiger partial charge in [0.25, 0.3) is 5.56 Å². The molecule has 1 aliphatic rings. The topological polar surface area (TPSA) is 90.0 Å². The molecule has 140 valence electrons. The van der Waals surface area contributed by atoms with Crippen molar-refractivity contribution < 1.29 is 4.79 Å². The average molecular weight is 375 g/mol. The van der Waals surface area contributed by atoms with E-state index in [-0.39, 0.29) is 17.6 Å². The molecule has 2 heterocycles. The summed E-state index contributed by atoms with van der Waals surface area (Å²) in [6.07, 6.45) is 8.00. The summed E-state index contributed by atoms with van der Waals surface area (Å²) >= 11 is 1.52. The van der Waals surface area contributed by atoms with E-state index in [0.29, 0.717) is 5.69 Å². The Kier molecular flexibility index (Phi) is 6.08. The van der Waals surface area contributed by atoms with Gasteiger partial charge in [-0.25, -0.2) is 4.68 Å². The van der Waals surface area contributed by atoms with Crippen LogP contribution in [0, 0.1) is 0 Å². The van der Waals surface area contributed by atoms with Crippen molar-refractivity contribution in [3.8, 4) is 10.6 Å². The van der Waals surface area contributed by atoms with Gasteiger partial charge in [0.2, 0.25) is 5.91 Å². The lowest BCUT2D eigenvalue weighted by Crippen LogP contribution is -2.42. The van der Waals surface area contributed by atoms with Gasteiger partial charge in [0, 0.05) is 6.04 Å². The second-order valence-corrected chi connectivity index (χ2v) is 7.89. The zero-order valence-corrected chi connectivity index (χ0v) is 15.9. The molecule has 0 aromatic carbocycles. The highest BCUT2D eigenvalue weighted by molar-refractivity contribution is 7.13. The Morgan fingerprint density at radius 1 is 1.31 bits per heavy atom. The minimum absolute atomic E-state index is 0.106. The van der Waals surface area contributed by atoms with Crippen LogP contribution in [-0.4, -0.2) is 21.7 Å². The van der Waals surface area contributed by atoms with Crippen LogP contribution in [0.25, 0.3) is 10.6 Å². The minimum Gasteiger partial charge on any atom is -0.394 e. The first-order chi connectivity index (χ1) is 12.6. The normalized spacial score (nSPS) is 17.3. The van der Waals surface area contributed by atoms with Crippen molar-refractivity contribution >= 4 is 22.9 Å². The molecule has 1 amide bonds. The lowest BCUT2D eigenvalue weighted by atomic mass is 9.96. The highest BCUT2D eigenvalue weighted by atomic mass is 32.1. The minimum atomic E-state index is -0.699. The maximum Gasteiger partial charge on any atom is 0.290 e. The van der Waals surface area contributed by atoms with Gasteiger partial charge in [-0.15, -0.1) is 11.3 Å². The number of thiophene rings is 1. The van der Waals surface area contributed by atoms with Crippen molar-refractivity contribution in [2.45, 2.75) is 64.0 Å². The van der Waals surface area contributed by atoms with E-state index in [1.165, 1.54) is 35.3 Å². The van der Waals surface area contributed by atoms with Crippen LogP contribution in [0.1, 0.15) is 57.9 Å². The van der Waals surface area contributed by atoms with Gasteiger partial charge in [-0.1, -0.05) is 38.2 Å². The van der Waals surface area contributed by atoms with Gasteiger partial charge in [0.05, 0.1) is 4.88 Å². The standard InChI is InChI=1S/C19H26N4O2S/c1-13(18(24)21-14-8-5-3-2-4-6-9-14)23-19(25)15(20)12-16(22-23)17-10-7-11-26-17/h7,10-14H,2-6,8-9,20H2,1H3,(H,21,24)/t13-/m0/s1. The summed E-state index contributed by atoms with van der Waals surface area (Å²) < 4.78 is 1.21. The van der Waals surface area contributed by atoms with Gasteiger partial charge < -0.3 is 11.1 Å². The fraction of sp³-hybridized carbons (Fsp3) is 0.526. The number of carbonyl (C=O) groups is 1. The summed E-state index contributed by atoms with van der Waals surface area (Å²) in [6.45, 7) is 1.70. The Balaban J connectivity index is 1.78. The van der Waals surface area contributed by atoms with Gasteiger partial charge in [-0.05, 0) is 37.3 Å². The molecule has 2 aromatic heterocycles. The number of hydrogen-bond acceptors (Lipinski definition) is 5. The van der Waals surface area contributed by atoms with Crippen molar-refractivity contribution in [3.63, 3.8) is 0 Å². The Morgan fingerprint density at radius 2 is 2.00 bits per heavy atom. The molecule has 0 saturated heterocycles. The van der Waals surface area contributed by atoms with Gasteiger partial charge in [0.1, 0.15) is 17.4 Å². The lowest BCUT2D eigenvalue weighted by Gasteiger charge is -2.23. The summed E-state index contributed by atoms with van der Waals surface area (Å²) in [7, 11) is 0. The molecule has 0 unspecified atom stereocenters. The number of nitrogen functional groups attached to an aromatic ring is 1. The third-order valence-corrected chi connectivity index (χ3v) is 5.83. The summed E-state index contributed by atoms with van der Waals surface area (Å²) in [5.41, 5.74) is 6.18. The van der Waals surface area contributed by atoms with E-state index in [0.717, 1.165) is 30.6 Å². The molecule has 26 heavy (non-hydrogen) atoms. The maximum absolute atomic E-state index is 12.7. The molecule has 0 spiro atoms. The highest BCUT2D eigenvalue weighted by Gasteiger charge is 2.22. The molecule has 7 heteroatoms. The van der Waals surface area contributed by atoms with Crippen molar-refractivity contribution in [2.24, 2.45) is 0 Å². The van der Waals surface area contributed by atoms with Gasteiger partial charge in [-0.2, -0.15) is 5.10 Å². The van der Waals surface area contributed by atoms with Crippen molar-refractivity contribution in [1.82, 2.24) is 15.1 Å². The summed E-state index contributed by atoms with van der Waals surface area (Å²) in [5.74, 6) is -0.173. The van der Waals surface area contributed by atoms with E-state index < -0.39 is 11.6 Å². The predicted molar refractivity (Wildman–Crippen MR) is 105 cm³/mol. The van der Waals surface area contributed by atoms with Crippen molar-refractivity contribution in [1.29, 1.82) is 0 Å². The number of rotatable bonds is 4. The number of hydrogen-bond donors (Lipinski definition) is 2. The molecule has 1 fully saturated rings. The summed E-state index contributed by atoms with van der Waals surface area (Å²) in [6, 6.07) is 4.89. The molecule has 1 saturated carbocycles. The maximum atomic E-state index is 12.7. The fourth-order valence-electron chi connectivity index (χ4n) is 3.37. The SMILES string of the molecule is C[C@@H](C(=O)NC1CCCCCCC1)n1nc(-c2cccs2)cc(N)c1=O. The third-order valence-electron chi connectivity index (χ3n) is 4.93. The lowest BCUT2D eigenvalue weighted by molar-refractivity contribution is -0.125.